The second-order valence-electron chi connectivity index (χ2n) is 10.9. The predicted octanol–water partition coefficient (Wildman–Crippen LogP) is 4.88. The number of aromatic nitrogens is 2. The lowest BCUT2D eigenvalue weighted by atomic mass is 9.82. The van der Waals surface area contributed by atoms with E-state index in [1.54, 1.807) is 6.20 Å². The van der Waals surface area contributed by atoms with E-state index >= 15 is 0 Å². The number of alkyl halides is 3. The highest BCUT2D eigenvalue weighted by Gasteiger charge is 2.49. The van der Waals surface area contributed by atoms with E-state index in [1.165, 1.54) is 0 Å². The number of ether oxygens (including phenoxy) is 1. The largest absolute Gasteiger partial charge is 0.418 e. The van der Waals surface area contributed by atoms with Crippen molar-refractivity contribution in [3.05, 3.63) is 42.2 Å². The summed E-state index contributed by atoms with van der Waals surface area (Å²) in [6.45, 7) is 2.03. The number of hydrogen-bond acceptors (Lipinski definition) is 7. The van der Waals surface area contributed by atoms with Gasteiger partial charge in [0.05, 0.1) is 17.2 Å². The molecule has 0 amide bonds. The fourth-order valence-corrected chi connectivity index (χ4v) is 5.10. The zero-order valence-electron chi connectivity index (χ0n) is 21.7. The summed E-state index contributed by atoms with van der Waals surface area (Å²) in [5, 5.41) is 25.6. The molecule has 1 aliphatic carbocycles. The third kappa shape index (κ3) is 7.22. The molecule has 1 aliphatic heterocycles. The maximum Gasteiger partial charge on any atom is 0.418 e. The fourth-order valence-electron chi connectivity index (χ4n) is 5.10. The zero-order valence-corrected chi connectivity index (χ0v) is 21.7. The van der Waals surface area contributed by atoms with Crippen LogP contribution in [0.3, 0.4) is 0 Å². The highest BCUT2D eigenvalue weighted by atomic mass is 19.4. The van der Waals surface area contributed by atoms with Gasteiger partial charge in [-0.1, -0.05) is 6.07 Å². The standard InChI is InChI=1S/C28H36F3N5O2/c1-26(37,28(29,30)31)18-34-22-7-5-20(6-8-22)15-23-16-21(9-12-33-23)24-3-2-4-25(36-24)35-19-27(17-32)10-13-38-14-11-27/h2-4,9,12,16,20,22,34,37H,5-8,10-11,13-15,18-19H2,1H3,(H,35,36)/t20?,22?,26-/m0/s1. The molecule has 4 rings (SSSR count). The summed E-state index contributed by atoms with van der Waals surface area (Å²) in [5.74, 6) is 1.12. The third-order valence-electron chi connectivity index (χ3n) is 7.85. The average molecular weight is 532 g/mol. The van der Waals surface area contributed by atoms with Crippen LogP contribution in [0.25, 0.3) is 11.3 Å². The number of rotatable bonds is 9. The fraction of sp³-hybridized carbons (Fsp3) is 0.607. The van der Waals surface area contributed by atoms with Crippen molar-refractivity contribution in [2.24, 2.45) is 11.3 Å². The van der Waals surface area contributed by atoms with E-state index in [0.29, 0.717) is 38.5 Å². The molecule has 0 unspecified atom stereocenters. The maximum atomic E-state index is 12.9. The molecule has 3 N–H and O–H groups in total. The lowest BCUT2D eigenvalue weighted by Crippen LogP contribution is -2.52. The Morgan fingerprint density at radius 3 is 2.58 bits per heavy atom. The van der Waals surface area contributed by atoms with Crippen LogP contribution in [0, 0.1) is 22.7 Å². The Bertz CT molecular complexity index is 1100. The SMILES string of the molecule is C[C@](O)(CNC1CCC(Cc2cc(-c3cccc(NCC4(C#N)CCOCC4)n3)ccn2)CC1)C(F)(F)F. The van der Waals surface area contributed by atoms with Crippen LogP contribution in [-0.2, 0) is 11.2 Å². The van der Waals surface area contributed by atoms with E-state index in [1.807, 2.05) is 30.3 Å². The lowest BCUT2D eigenvalue weighted by Gasteiger charge is -2.33. The molecule has 206 valence electrons. The van der Waals surface area contributed by atoms with E-state index in [2.05, 4.69) is 21.7 Å². The molecule has 2 aliphatic rings. The van der Waals surface area contributed by atoms with Crippen LogP contribution in [0.15, 0.2) is 36.5 Å². The van der Waals surface area contributed by atoms with E-state index in [0.717, 1.165) is 61.8 Å². The van der Waals surface area contributed by atoms with Crippen molar-refractivity contribution >= 4 is 5.82 Å². The predicted molar refractivity (Wildman–Crippen MR) is 138 cm³/mol. The van der Waals surface area contributed by atoms with E-state index < -0.39 is 23.7 Å². The van der Waals surface area contributed by atoms with E-state index in [4.69, 9.17) is 9.72 Å². The second kappa shape index (κ2) is 12.0. The first-order valence-corrected chi connectivity index (χ1v) is 13.3. The van der Waals surface area contributed by atoms with Crippen LogP contribution >= 0.6 is 0 Å². The number of hydrogen-bond donors (Lipinski definition) is 3. The molecule has 7 nitrogen and oxygen atoms in total. The number of pyridine rings is 2. The quantitative estimate of drug-likeness (QED) is 0.424. The third-order valence-corrected chi connectivity index (χ3v) is 7.85. The molecule has 1 saturated carbocycles. The number of anilines is 1. The van der Waals surface area contributed by atoms with Crippen molar-refractivity contribution < 1.29 is 23.0 Å². The van der Waals surface area contributed by atoms with Gasteiger partial charge in [0.1, 0.15) is 5.82 Å². The Balaban J connectivity index is 1.31. The number of nitriles is 1. The molecule has 2 aromatic rings. The molecule has 0 spiro atoms. The van der Waals surface area contributed by atoms with Crippen LogP contribution in [-0.4, -0.2) is 59.2 Å². The molecule has 2 fully saturated rings. The van der Waals surface area contributed by atoms with Gasteiger partial charge in [-0.05, 0) is 82.1 Å². The summed E-state index contributed by atoms with van der Waals surface area (Å²) in [4.78, 5) is 9.31. The Hall–Kier alpha value is -2.74. The van der Waals surface area contributed by atoms with Crippen molar-refractivity contribution in [2.75, 3.05) is 31.6 Å². The van der Waals surface area contributed by atoms with Gasteiger partial charge >= 0.3 is 6.18 Å². The van der Waals surface area contributed by atoms with Gasteiger partial charge in [0.2, 0.25) is 0 Å². The Kier molecular flexibility index (Phi) is 8.91. The number of halogens is 3. The van der Waals surface area contributed by atoms with Crippen LogP contribution in [0.5, 0.6) is 0 Å². The van der Waals surface area contributed by atoms with Crippen molar-refractivity contribution in [3.8, 4) is 17.3 Å². The monoisotopic (exact) mass is 531 g/mol. The minimum absolute atomic E-state index is 0.0277. The van der Waals surface area contributed by atoms with Crippen molar-refractivity contribution in [1.29, 1.82) is 5.26 Å². The van der Waals surface area contributed by atoms with Crippen molar-refractivity contribution in [1.82, 2.24) is 15.3 Å². The molecule has 2 aromatic heterocycles. The number of nitrogens with zero attached hydrogens (tertiary/aromatic N) is 3. The first kappa shape index (κ1) is 28.3. The average Bonchev–Trinajstić information content (AvgIpc) is 2.92. The molecular formula is C28H36F3N5O2. The molecular weight excluding hydrogens is 495 g/mol. The normalized spacial score (nSPS) is 23.3. The summed E-state index contributed by atoms with van der Waals surface area (Å²) < 4.78 is 44.1. The minimum Gasteiger partial charge on any atom is -0.381 e. The molecule has 0 aromatic carbocycles. The van der Waals surface area contributed by atoms with Gasteiger partial charge in [-0.2, -0.15) is 18.4 Å². The first-order valence-electron chi connectivity index (χ1n) is 13.3. The topological polar surface area (TPSA) is 103 Å². The second-order valence-corrected chi connectivity index (χ2v) is 10.9. The number of aliphatic hydroxyl groups is 1. The van der Waals surface area contributed by atoms with Gasteiger partial charge in [-0.3, -0.25) is 4.98 Å². The van der Waals surface area contributed by atoms with Crippen LogP contribution in [0.2, 0.25) is 0 Å². The van der Waals surface area contributed by atoms with Gasteiger partial charge in [0, 0.05) is 49.8 Å². The minimum atomic E-state index is -4.65. The summed E-state index contributed by atoms with van der Waals surface area (Å²) in [6.07, 6.45) is 2.65. The maximum absolute atomic E-state index is 12.9. The highest BCUT2D eigenvalue weighted by molar-refractivity contribution is 5.61. The molecule has 1 saturated heterocycles. The van der Waals surface area contributed by atoms with Crippen LogP contribution in [0.4, 0.5) is 19.0 Å². The molecule has 3 heterocycles. The molecule has 0 radical (unpaired) electrons. The van der Waals surface area contributed by atoms with E-state index in [-0.39, 0.29) is 6.04 Å². The smallest absolute Gasteiger partial charge is 0.381 e. The number of nitrogens with one attached hydrogen (secondary N) is 2. The molecule has 1 atom stereocenters. The highest BCUT2D eigenvalue weighted by Crippen LogP contribution is 2.32. The van der Waals surface area contributed by atoms with Crippen LogP contribution < -0.4 is 10.6 Å². The van der Waals surface area contributed by atoms with Gasteiger partial charge in [0.15, 0.2) is 5.60 Å². The van der Waals surface area contributed by atoms with Crippen molar-refractivity contribution in [2.45, 2.75) is 69.7 Å². The Labute approximate surface area is 221 Å². The Morgan fingerprint density at radius 2 is 1.89 bits per heavy atom. The summed E-state index contributed by atoms with van der Waals surface area (Å²) in [7, 11) is 0. The Morgan fingerprint density at radius 1 is 1.16 bits per heavy atom. The summed E-state index contributed by atoms with van der Waals surface area (Å²) in [5.41, 5.74) is -0.419. The van der Waals surface area contributed by atoms with Crippen LogP contribution in [0.1, 0.15) is 51.1 Å². The van der Waals surface area contributed by atoms with Crippen molar-refractivity contribution in [3.63, 3.8) is 0 Å². The van der Waals surface area contributed by atoms with E-state index in [9.17, 15) is 23.5 Å². The van der Waals surface area contributed by atoms with Gasteiger partial charge < -0.3 is 20.5 Å². The summed E-state index contributed by atoms with van der Waals surface area (Å²) in [6, 6.07) is 12.2. The van der Waals surface area contributed by atoms with Gasteiger partial charge in [-0.25, -0.2) is 4.98 Å². The molecule has 38 heavy (non-hydrogen) atoms. The summed E-state index contributed by atoms with van der Waals surface area (Å²) >= 11 is 0. The zero-order chi connectivity index (χ0) is 27.2. The lowest BCUT2D eigenvalue weighted by molar-refractivity contribution is -0.250. The van der Waals surface area contributed by atoms with Gasteiger partial charge in [0.25, 0.3) is 0 Å². The molecule has 10 heteroatoms. The van der Waals surface area contributed by atoms with Gasteiger partial charge in [-0.15, -0.1) is 0 Å². The first-order chi connectivity index (χ1) is 18.1. The molecule has 0 bridgehead atoms.